The van der Waals surface area contributed by atoms with Gasteiger partial charge in [-0.05, 0) is 41.5 Å². The van der Waals surface area contributed by atoms with Crippen LogP contribution in [-0.4, -0.2) is 59.7 Å². The Kier molecular flexibility index (Phi) is 10.2. The van der Waals surface area contributed by atoms with E-state index in [0.29, 0.717) is 11.3 Å². The number of rotatable bonds is 11. The fourth-order valence-corrected chi connectivity index (χ4v) is 4.57. The van der Waals surface area contributed by atoms with Gasteiger partial charge in [-0.25, -0.2) is 4.99 Å². The van der Waals surface area contributed by atoms with E-state index in [4.69, 9.17) is 34.7 Å². The number of aliphatic imine (C=N–C) groups is 1. The number of amides is 2. The standard InChI is InChI=1S/C28H27Cl2N5O5/c1-35(26(38)17-8-5-9-20(10-17)34-28(31)32)15-24(37)33-14-19(27(39)40)13-23(36)25-21(29)11-18(12-22(25)30)16-6-3-2-4-7-16/h2-12,19H,13-15H2,1H3,(H,33,37)(H,39,40)(H4,31,32,34)/t19-/m0/s1. The first-order chi connectivity index (χ1) is 19.0. The van der Waals surface area contributed by atoms with E-state index >= 15 is 0 Å². The summed E-state index contributed by atoms with van der Waals surface area (Å²) in [5.74, 6) is -4.38. The van der Waals surface area contributed by atoms with Gasteiger partial charge in [-0.3, -0.25) is 19.2 Å². The Morgan fingerprint density at radius 2 is 1.60 bits per heavy atom. The number of likely N-dealkylation sites (N-methyl/N-ethyl adjacent to an activating group) is 1. The monoisotopic (exact) mass is 583 g/mol. The molecule has 0 heterocycles. The van der Waals surface area contributed by atoms with Crippen LogP contribution in [0.5, 0.6) is 0 Å². The number of nitrogens with zero attached hydrogens (tertiary/aromatic N) is 2. The number of ketones is 1. The number of carbonyl (C=O) groups is 4. The molecule has 208 valence electrons. The lowest BCUT2D eigenvalue weighted by Gasteiger charge is -2.18. The van der Waals surface area contributed by atoms with Crippen LogP contribution in [0.2, 0.25) is 10.0 Å². The first-order valence-electron chi connectivity index (χ1n) is 12.0. The highest BCUT2D eigenvalue weighted by Crippen LogP contribution is 2.33. The van der Waals surface area contributed by atoms with E-state index in [1.165, 1.54) is 19.2 Å². The lowest BCUT2D eigenvalue weighted by molar-refractivity contribution is -0.141. The number of hydrogen-bond donors (Lipinski definition) is 4. The lowest BCUT2D eigenvalue weighted by atomic mass is 9.96. The molecule has 0 aromatic heterocycles. The first kappa shape index (κ1) is 30.1. The summed E-state index contributed by atoms with van der Waals surface area (Å²) in [6.07, 6.45) is -0.452. The fraction of sp³-hybridized carbons (Fsp3) is 0.179. The average Bonchev–Trinajstić information content (AvgIpc) is 2.90. The Morgan fingerprint density at radius 1 is 0.950 bits per heavy atom. The average molecular weight is 584 g/mol. The van der Waals surface area contributed by atoms with Gasteiger partial charge < -0.3 is 26.8 Å². The van der Waals surface area contributed by atoms with Crippen molar-refractivity contribution in [2.45, 2.75) is 6.42 Å². The molecule has 0 aliphatic rings. The molecule has 3 aromatic carbocycles. The molecule has 2 amide bonds. The van der Waals surface area contributed by atoms with Crippen LogP contribution in [0.4, 0.5) is 5.69 Å². The van der Waals surface area contributed by atoms with Crippen molar-refractivity contribution in [1.82, 2.24) is 10.2 Å². The van der Waals surface area contributed by atoms with Crippen LogP contribution in [-0.2, 0) is 9.59 Å². The second-order valence-corrected chi connectivity index (χ2v) is 9.71. The zero-order valence-corrected chi connectivity index (χ0v) is 22.9. The molecule has 0 saturated carbocycles. The molecular formula is C28H27Cl2N5O5. The zero-order valence-electron chi connectivity index (χ0n) is 21.4. The quantitative estimate of drug-likeness (QED) is 0.151. The van der Waals surface area contributed by atoms with Crippen LogP contribution in [0.15, 0.2) is 71.7 Å². The van der Waals surface area contributed by atoms with Gasteiger partial charge in [0.15, 0.2) is 11.7 Å². The molecule has 0 radical (unpaired) electrons. The first-order valence-corrected chi connectivity index (χ1v) is 12.7. The van der Waals surface area contributed by atoms with Gasteiger partial charge in [0, 0.05) is 25.6 Å². The number of carbonyl (C=O) groups excluding carboxylic acids is 3. The van der Waals surface area contributed by atoms with Crippen molar-refractivity contribution < 1.29 is 24.3 Å². The van der Waals surface area contributed by atoms with Crippen LogP contribution in [0.3, 0.4) is 0 Å². The minimum Gasteiger partial charge on any atom is -0.481 e. The molecular weight excluding hydrogens is 557 g/mol. The highest BCUT2D eigenvalue weighted by Gasteiger charge is 2.26. The van der Waals surface area contributed by atoms with Crippen molar-refractivity contribution >= 4 is 58.4 Å². The van der Waals surface area contributed by atoms with Gasteiger partial charge in [0.1, 0.15) is 0 Å². The fourth-order valence-electron chi connectivity index (χ4n) is 3.87. The van der Waals surface area contributed by atoms with E-state index in [1.807, 2.05) is 30.3 Å². The van der Waals surface area contributed by atoms with Crippen LogP contribution < -0.4 is 16.8 Å². The summed E-state index contributed by atoms with van der Waals surface area (Å²) in [7, 11) is 1.41. The van der Waals surface area contributed by atoms with Crippen molar-refractivity contribution in [2.24, 2.45) is 22.4 Å². The highest BCUT2D eigenvalue weighted by atomic mass is 35.5. The summed E-state index contributed by atoms with van der Waals surface area (Å²) < 4.78 is 0. The summed E-state index contributed by atoms with van der Waals surface area (Å²) >= 11 is 12.7. The van der Waals surface area contributed by atoms with Crippen molar-refractivity contribution in [3.05, 3.63) is 87.9 Å². The van der Waals surface area contributed by atoms with Gasteiger partial charge in [-0.2, -0.15) is 0 Å². The summed E-state index contributed by atoms with van der Waals surface area (Å²) in [5, 5.41) is 12.3. The SMILES string of the molecule is CN(CC(=O)NC[C@H](CC(=O)c1c(Cl)cc(-c2ccccc2)cc1Cl)C(=O)O)C(=O)c1cccc(N=C(N)N)c1. The summed E-state index contributed by atoms with van der Waals surface area (Å²) in [5.41, 5.74) is 12.9. The van der Waals surface area contributed by atoms with E-state index in [2.05, 4.69) is 10.3 Å². The summed E-state index contributed by atoms with van der Waals surface area (Å²) in [6, 6.07) is 18.7. The Morgan fingerprint density at radius 3 is 2.20 bits per heavy atom. The molecule has 0 aliphatic heterocycles. The zero-order chi connectivity index (χ0) is 29.4. The maximum Gasteiger partial charge on any atom is 0.308 e. The Labute approximate surface area is 240 Å². The molecule has 3 aromatic rings. The number of guanidine groups is 1. The van der Waals surface area contributed by atoms with Crippen molar-refractivity contribution in [3.8, 4) is 11.1 Å². The predicted octanol–water partition coefficient (Wildman–Crippen LogP) is 3.73. The third-order valence-corrected chi connectivity index (χ3v) is 6.43. The smallest absolute Gasteiger partial charge is 0.308 e. The van der Waals surface area contributed by atoms with E-state index in [0.717, 1.165) is 10.5 Å². The lowest BCUT2D eigenvalue weighted by Crippen LogP contribution is -2.41. The second kappa shape index (κ2) is 13.6. The van der Waals surface area contributed by atoms with Crippen LogP contribution in [0, 0.1) is 5.92 Å². The maximum absolute atomic E-state index is 13.0. The third-order valence-electron chi connectivity index (χ3n) is 5.83. The number of benzene rings is 3. The van der Waals surface area contributed by atoms with Crippen molar-refractivity contribution in [1.29, 1.82) is 0 Å². The van der Waals surface area contributed by atoms with Gasteiger partial charge in [-0.15, -0.1) is 0 Å². The number of aliphatic carboxylic acids is 1. The molecule has 0 saturated heterocycles. The molecule has 3 rings (SSSR count). The summed E-state index contributed by atoms with van der Waals surface area (Å²) in [4.78, 5) is 55.1. The topological polar surface area (TPSA) is 168 Å². The molecule has 40 heavy (non-hydrogen) atoms. The number of nitrogens with two attached hydrogens (primary N) is 2. The Balaban J connectivity index is 1.62. The summed E-state index contributed by atoms with van der Waals surface area (Å²) in [6.45, 7) is -0.705. The number of halogens is 2. The minimum absolute atomic E-state index is 0.00822. The van der Waals surface area contributed by atoms with E-state index in [9.17, 15) is 24.3 Å². The van der Waals surface area contributed by atoms with Crippen LogP contribution >= 0.6 is 23.2 Å². The van der Waals surface area contributed by atoms with Crippen LogP contribution in [0.1, 0.15) is 27.1 Å². The molecule has 6 N–H and O–H groups in total. The number of hydrogen-bond acceptors (Lipinski definition) is 5. The van der Waals surface area contributed by atoms with Gasteiger partial charge in [0.05, 0.1) is 33.8 Å². The number of carboxylic acid groups (broad SMARTS) is 1. The Bertz CT molecular complexity index is 1440. The van der Waals surface area contributed by atoms with Gasteiger partial charge in [0.2, 0.25) is 5.91 Å². The predicted molar refractivity (Wildman–Crippen MR) is 154 cm³/mol. The number of carboxylic acids is 1. The molecule has 0 aliphatic carbocycles. The van der Waals surface area contributed by atoms with Crippen molar-refractivity contribution in [3.63, 3.8) is 0 Å². The molecule has 12 heteroatoms. The third kappa shape index (κ3) is 8.05. The van der Waals surface area contributed by atoms with Crippen LogP contribution in [0.25, 0.3) is 11.1 Å². The Hall–Kier alpha value is -4.41. The molecule has 0 bridgehead atoms. The molecule has 10 nitrogen and oxygen atoms in total. The molecule has 0 spiro atoms. The van der Waals surface area contributed by atoms with E-state index in [1.54, 1.807) is 24.3 Å². The molecule has 1 atom stereocenters. The van der Waals surface area contributed by atoms with E-state index in [-0.39, 0.29) is 40.2 Å². The maximum atomic E-state index is 13.0. The largest absolute Gasteiger partial charge is 0.481 e. The van der Waals surface area contributed by atoms with Gasteiger partial charge >= 0.3 is 5.97 Å². The minimum atomic E-state index is -1.29. The van der Waals surface area contributed by atoms with E-state index < -0.39 is 35.9 Å². The van der Waals surface area contributed by atoms with Crippen molar-refractivity contribution in [2.75, 3.05) is 20.1 Å². The molecule has 0 unspecified atom stereocenters. The normalized spacial score (nSPS) is 11.3. The second-order valence-electron chi connectivity index (χ2n) is 8.90. The number of Topliss-reactive ketones (excluding diaryl/α,β-unsaturated/α-hetero) is 1. The highest BCUT2D eigenvalue weighted by molar-refractivity contribution is 6.40. The van der Waals surface area contributed by atoms with Gasteiger partial charge in [-0.1, -0.05) is 59.6 Å². The van der Waals surface area contributed by atoms with Gasteiger partial charge in [0.25, 0.3) is 5.91 Å². The number of nitrogens with one attached hydrogen (secondary N) is 1. The molecule has 0 fully saturated rings.